The van der Waals surface area contributed by atoms with Gasteiger partial charge in [-0.3, -0.25) is 23.9 Å². The van der Waals surface area contributed by atoms with Crippen LogP contribution in [0, 0.1) is 17.7 Å². The van der Waals surface area contributed by atoms with Crippen LogP contribution in [0.3, 0.4) is 0 Å². The topological polar surface area (TPSA) is 151 Å². The van der Waals surface area contributed by atoms with Gasteiger partial charge in [-0.2, -0.15) is 0 Å². The monoisotopic (exact) mass is 548 g/mol. The van der Waals surface area contributed by atoms with Gasteiger partial charge in [-0.15, -0.1) is 0 Å². The number of carbonyl (C=O) groups excluding carboxylic acids is 2. The number of hydrogen-bond donors (Lipinski definition) is 3. The number of likely N-dealkylation sites (tertiary alicyclic amines) is 1. The molecule has 0 unspecified atom stereocenters. The Morgan fingerprint density at radius 2 is 1.88 bits per heavy atom. The maximum atomic E-state index is 13.5. The minimum atomic E-state index is -1.04. The molecule has 11 nitrogen and oxygen atoms in total. The number of carboxylic acid groups (broad SMARTS) is 1. The zero-order chi connectivity index (χ0) is 28.8. The molecule has 4 rings (SSSR count). The standard InChI is InChI=1S/C28H25FN4O7/c1-40-23-13-18(6-10-21(23)29)14-30-24(34)11-9-20-16-32(28(39)31-25(20)35)15-17-4-7-19(8-5-17)26(36)33-12-2-3-22(33)27(37)38/h4-8,10,13,16,22H,2-3,12,14-15H2,1H3,(H,30,34)(H,37,38)(H,31,35,39)/t22-/m1/s1. The first-order valence-corrected chi connectivity index (χ1v) is 12.2. The summed E-state index contributed by atoms with van der Waals surface area (Å²) < 4.78 is 19.6. The molecule has 0 radical (unpaired) electrons. The van der Waals surface area contributed by atoms with E-state index in [0.29, 0.717) is 36.1 Å². The summed E-state index contributed by atoms with van der Waals surface area (Å²) in [5.41, 5.74) is -0.0276. The summed E-state index contributed by atoms with van der Waals surface area (Å²) in [6.07, 6.45) is 2.25. The second-order valence-corrected chi connectivity index (χ2v) is 9.02. The number of aromatic amines is 1. The number of hydrogen-bond acceptors (Lipinski definition) is 6. The van der Waals surface area contributed by atoms with E-state index in [4.69, 9.17) is 4.74 Å². The Hall–Kier alpha value is -5.18. The number of amides is 2. The van der Waals surface area contributed by atoms with E-state index in [9.17, 15) is 33.5 Å². The van der Waals surface area contributed by atoms with Gasteiger partial charge in [0.15, 0.2) is 11.6 Å². The van der Waals surface area contributed by atoms with Gasteiger partial charge < -0.3 is 20.1 Å². The number of benzene rings is 2. The number of aromatic nitrogens is 2. The highest BCUT2D eigenvalue weighted by molar-refractivity contribution is 5.97. The minimum absolute atomic E-state index is 0.0336. The second kappa shape index (κ2) is 12.1. The Morgan fingerprint density at radius 3 is 2.58 bits per heavy atom. The van der Waals surface area contributed by atoms with Gasteiger partial charge in [0, 0.05) is 30.8 Å². The molecule has 0 saturated carbocycles. The van der Waals surface area contributed by atoms with E-state index in [0.717, 1.165) is 0 Å². The predicted octanol–water partition coefficient (Wildman–Crippen LogP) is 1.09. The molecule has 206 valence electrons. The summed E-state index contributed by atoms with van der Waals surface area (Å²) >= 11 is 0. The number of H-pyrrole nitrogens is 1. The van der Waals surface area contributed by atoms with Gasteiger partial charge in [-0.1, -0.05) is 18.2 Å². The van der Waals surface area contributed by atoms with Crippen molar-refractivity contribution in [1.82, 2.24) is 19.8 Å². The van der Waals surface area contributed by atoms with Crippen molar-refractivity contribution in [3.8, 4) is 17.6 Å². The molecule has 0 spiro atoms. The number of carboxylic acids is 1. The molecule has 1 saturated heterocycles. The maximum Gasteiger partial charge on any atom is 0.328 e. The van der Waals surface area contributed by atoms with E-state index in [2.05, 4.69) is 22.1 Å². The number of nitrogens with one attached hydrogen (secondary N) is 2. The third-order valence-corrected chi connectivity index (χ3v) is 6.34. The summed E-state index contributed by atoms with van der Waals surface area (Å²) in [5.74, 6) is 2.14. The Kier molecular flexibility index (Phi) is 8.44. The van der Waals surface area contributed by atoms with Crippen molar-refractivity contribution < 1.29 is 28.6 Å². The van der Waals surface area contributed by atoms with Gasteiger partial charge in [0.2, 0.25) is 0 Å². The van der Waals surface area contributed by atoms with Crippen LogP contribution in [0.4, 0.5) is 4.39 Å². The average molecular weight is 549 g/mol. The predicted molar refractivity (Wildman–Crippen MR) is 140 cm³/mol. The lowest BCUT2D eigenvalue weighted by Gasteiger charge is -2.21. The third-order valence-electron chi connectivity index (χ3n) is 6.34. The Balaban J connectivity index is 1.43. The summed E-state index contributed by atoms with van der Waals surface area (Å²) in [6.45, 7) is 0.458. The van der Waals surface area contributed by atoms with Gasteiger partial charge in [-0.05, 0) is 54.2 Å². The molecular weight excluding hydrogens is 523 g/mol. The molecule has 0 aliphatic carbocycles. The van der Waals surface area contributed by atoms with Crippen molar-refractivity contribution in [1.29, 1.82) is 0 Å². The van der Waals surface area contributed by atoms with Crippen LogP contribution in [0.15, 0.2) is 58.3 Å². The van der Waals surface area contributed by atoms with E-state index in [1.54, 1.807) is 24.3 Å². The smallest absolute Gasteiger partial charge is 0.328 e. The SMILES string of the molecule is COc1cc(CNC(=O)C#Cc2cn(Cc3ccc(C(=O)N4CCC[C@@H]4C(=O)O)cc3)c(=O)[nH]c2=O)ccc1F. The lowest BCUT2D eigenvalue weighted by atomic mass is 10.1. The fourth-order valence-electron chi connectivity index (χ4n) is 4.26. The highest BCUT2D eigenvalue weighted by atomic mass is 19.1. The van der Waals surface area contributed by atoms with E-state index < -0.39 is 35.0 Å². The number of ether oxygens (including phenoxy) is 1. The number of rotatable bonds is 7. The molecule has 1 aromatic heterocycles. The van der Waals surface area contributed by atoms with Crippen LogP contribution in [-0.4, -0.2) is 57.0 Å². The van der Waals surface area contributed by atoms with Crippen LogP contribution < -0.4 is 21.3 Å². The van der Waals surface area contributed by atoms with Gasteiger partial charge in [0.05, 0.1) is 13.7 Å². The number of halogens is 1. The number of nitrogens with zero attached hydrogens (tertiary/aromatic N) is 2. The molecule has 2 aromatic carbocycles. The first-order chi connectivity index (χ1) is 19.2. The Labute approximate surface area is 227 Å². The lowest BCUT2D eigenvalue weighted by molar-refractivity contribution is -0.141. The average Bonchev–Trinajstić information content (AvgIpc) is 3.44. The molecule has 2 amide bonds. The van der Waals surface area contributed by atoms with Crippen LogP contribution in [0.25, 0.3) is 0 Å². The Morgan fingerprint density at radius 1 is 1.15 bits per heavy atom. The van der Waals surface area contributed by atoms with Crippen molar-refractivity contribution in [2.24, 2.45) is 0 Å². The zero-order valence-electron chi connectivity index (χ0n) is 21.4. The highest BCUT2D eigenvalue weighted by Crippen LogP contribution is 2.21. The van der Waals surface area contributed by atoms with Crippen LogP contribution in [0.5, 0.6) is 5.75 Å². The second-order valence-electron chi connectivity index (χ2n) is 9.02. The number of carbonyl (C=O) groups is 3. The number of aliphatic carboxylic acids is 1. The molecule has 12 heteroatoms. The van der Waals surface area contributed by atoms with Crippen molar-refractivity contribution in [3.63, 3.8) is 0 Å². The van der Waals surface area contributed by atoms with Gasteiger partial charge in [0.1, 0.15) is 11.6 Å². The Bertz CT molecular complexity index is 1630. The van der Waals surface area contributed by atoms with Crippen molar-refractivity contribution >= 4 is 17.8 Å². The van der Waals surface area contributed by atoms with E-state index in [1.807, 2.05) is 0 Å². The molecule has 0 bridgehead atoms. The van der Waals surface area contributed by atoms with Crippen molar-refractivity contribution in [2.75, 3.05) is 13.7 Å². The first kappa shape index (κ1) is 27.8. The molecule has 3 N–H and O–H groups in total. The fraction of sp³-hybridized carbons (Fsp3) is 0.250. The number of methoxy groups -OCH3 is 1. The minimum Gasteiger partial charge on any atom is -0.494 e. The maximum absolute atomic E-state index is 13.5. The summed E-state index contributed by atoms with van der Waals surface area (Å²) in [6, 6.07) is 9.63. The summed E-state index contributed by atoms with van der Waals surface area (Å²) in [4.78, 5) is 64.4. The molecule has 3 aromatic rings. The molecule has 1 aliphatic heterocycles. The van der Waals surface area contributed by atoms with Gasteiger partial charge in [0.25, 0.3) is 17.4 Å². The molecule has 40 heavy (non-hydrogen) atoms. The van der Waals surface area contributed by atoms with Crippen molar-refractivity contribution in [3.05, 3.63) is 97.6 Å². The van der Waals surface area contributed by atoms with Crippen LogP contribution in [-0.2, 0) is 22.7 Å². The largest absolute Gasteiger partial charge is 0.494 e. The quantitative estimate of drug-likeness (QED) is 0.374. The normalized spacial score (nSPS) is 14.2. The molecular formula is C28H25FN4O7. The van der Waals surface area contributed by atoms with Gasteiger partial charge in [-0.25, -0.2) is 14.0 Å². The lowest BCUT2D eigenvalue weighted by Crippen LogP contribution is -2.40. The summed E-state index contributed by atoms with van der Waals surface area (Å²) in [5, 5.41) is 11.9. The van der Waals surface area contributed by atoms with Crippen molar-refractivity contribution in [2.45, 2.75) is 32.0 Å². The fourth-order valence-corrected chi connectivity index (χ4v) is 4.26. The molecule has 1 aliphatic rings. The van der Waals surface area contributed by atoms with Crippen LogP contribution >= 0.6 is 0 Å². The van der Waals surface area contributed by atoms with Gasteiger partial charge >= 0.3 is 11.7 Å². The highest BCUT2D eigenvalue weighted by Gasteiger charge is 2.34. The van der Waals surface area contributed by atoms with E-state index >= 15 is 0 Å². The van der Waals surface area contributed by atoms with E-state index in [-0.39, 0.29) is 30.3 Å². The van der Waals surface area contributed by atoms with Crippen LogP contribution in [0.2, 0.25) is 0 Å². The molecule has 1 fully saturated rings. The molecule has 2 heterocycles. The van der Waals surface area contributed by atoms with E-state index in [1.165, 1.54) is 41.0 Å². The van der Waals surface area contributed by atoms with Crippen LogP contribution in [0.1, 0.15) is 39.9 Å². The first-order valence-electron chi connectivity index (χ1n) is 12.2. The zero-order valence-corrected chi connectivity index (χ0v) is 21.4. The molecule has 1 atom stereocenters. The third kappa shape index (κ3) is 6.44. The summed E-state index contributed by atoms with van der Waals surface area (Å²) in [7, 11) is 1.33.